The maximum atomic E-state index is 13.2. The van der Waals surface area contributed by atoms with Crippen LogP contribution in [0.5, 0.6) is 0 Å². The highest BCUT2D eigenvalue weighted by atomic mass is 16.5. The van der Waals surface area contributed by atoms with E-state index in [1.54, 1.807) is 6.07 Å². The fourth-order valence-corrected chi connectivity index (χ4v) is 3.64. The molecule has 2 aromatic rings. The van der Waals surface area contributed by atoms with Gasteiger partial charge in [0.1, 0.15) is 0 Å². The minimum atomic E-state index is -0.362. The molecule has 0 bridgehead atoms. The first-order chi connectivity index (χ1) is 11.8. The molecule has 4 rings (SSSR count). The average molecular weight is 321 g/mol. The Morgan fingerprint density at radius 1 is 0.875 bits per heavy atom. The summed E-state index contributed by atoms with van der Waals surface area (Å²) in [6.45, 7) is 2.63. The molecule has 0 spiro atoms. The highest BCUT2D eigenvalue weighted by Gasteiger charge is 2.38. The summed E-state index contributed by atoms with van der Waals surface area (Å²) in [5, 5.41) is 0. The largest absolute Gasteiger partial charge is 0.379 e. The summed E-state index contributed by atoms with van der Waals surface area (Å²) < 4.78 is 5.38. The first-order valence-corrected chi connectivity index (χ1v) is 8.33. The Balaban J connectivity index is 1.79. The van der Waals surface area contributed by atoms with E-state index in [0.29, 0.717) is 37.4 Å². The number of carbonyl (C=O) groups excluding carboxylic acids is 2. The average Bonchev–Trinajstić information content (AvgIpc) is 2.65. The summed E-state index contributed by atoms with van der Waals surface area (Å²) in [7, 11) is 0. The Hall–Kier alpha value is -2.30. The van der Waals surface area contributed by atoms with Gasteiger partial charge in [-0.05, 0) is 11.1 Å². The van der Waals surface area contributed by atoms with Gasteiger partial charge in [0, 0.05) is 30.6 Å². The lowest BCUT2D eigenvalue weighted by atomic mass is 9.81. The van der Waals surface area contributed by atoms with Crippen LogP contribution in [0.4, 0.5) is 0 Å². The van der Waals surface area contributed by atoms with Crippen LogP contribution in [-0.4, -0.2) is 48.8 Å². The molecule has 1 heterocycles. The molecule has 1 atom stereocenters. The highest BCUT2D eigenvalue weighted by Crippen LogP contribution is 2.33. The Morgan fingerprint density at radius 3 is 2.33 bits per heavy atom. The molecule has 24 heavy (non-hydrogen) atoms. The zero-order valence-electron chi connectivity index (χ0n) is 13.4. The summed E-state index contributed by atoms with van der Waals surface area (Å²) in [5.74, 6) is 0.116. The molecule has 0 saturated carbocycles. The third-order valence-corrected chi connectivity index (χ3v) is 4.86. The van der Waals surface area contributed by atoms with Gasteiger partial charge in [0.25, 0.3) is 0 Å². The number of ketones is 2. The van der Waals surface area contributed by atoms with Crippen molar-refractivity contribution in [3.8, 4) is 11.1 Å². The Labute approximate surface area is 141 Å². The van der Waals surface area contributed by atoms with Crippen molar-refractivity contribution in [2.24, 2.45) is 0 Å². The van der Waals surface area contributed by atoms with Crippen LogP contribution in [0, 0.1) is 0 Å². The predicted octanol–water partition coefficient (Wildman–Crippen LogP) is 2.82. The second-order valence-electron chi connectivity index (χ2n) is 6.25. The number of rotatable bonds is 2. The minimum absolute atomic E-state index is 0.0545. The van der Waals surface area contributed by atoms with E-state index in [9.17, 15) is 9.59 Å². The second kappa shape index (κ2) is 6.30. The molecule has 1 aliphatic carbocycles. The Kier molecular flexibility index (Phi) is 4.00. The van der Waals surface area contributed by atoms with E-state index in [-0.39, 0.29) is 24.0 Å². The maximum absolute atomic E-state index is 13.2. The lowest BCUT2D eigenvalue weighted by Gasteiger charge is -2.36. The van der Waals surface area contributed by atoms with E-state index >= 15 is 0 Å². The summed E-state index contributed by atoms with van der Waals surface area (Å²) in [4.78, 5) is 28.0. The third-order valence-electron chi connectivity index (χ3n) is 4.86. The van der Waals surface area contributed by atoms with Gasteiger partial charge in [0.05, 0.1) is 19.3 Å². The number of hydrogen-bond donors (Lipinski definition) is 0. The number of benzene rings is 2. The smallest absolute Gasteiger partial charge is 0.181 e. The maximum Gasteiger partial charge on any atom is 0.181 e. The first kappa shape index (κ1) is 15.2. The molecular formula is C20H19NO3. The SMILES string of the molecule is O=C1CC(N2CCOCC2)C(=O)c2c1cccc2-c1ccccc1. The first-order valence-electron chi connectivity index (χ1n) is 8.33. The van der Waals surface area contributed by atoms with Crippen LogP contribution in [0.1, 0.15) is 27.1 Å². The number of Topliss-reactive ketones (excluding diaryl/α,β-unsaturated/α-hetero) is 2. The van der Waals surface area contributed by atoms with Crippen LogP contribution in [-0.2, 0) is 4.74 Å². The van der Waals surface area contributed by atoms with E-state index in [2.05, 4.69) is 4.90 Å². The molecule has 122 valence electrons. The third kappa shape index (κ3) is 2.58. The zero-order valence-corrected chi connectivity index (χ0v) is 13.4. The molecule has 1 saturated heterocycles. The van der Waals surface area contributed by atoms with Gasteiger partial charge in [-0.3, -0.25) is 14.5 Å². The van der Waals surface area contributed by atoms with Crippen LogP contribution in [0.2, 0.25) is 0 Å². The van der Waals surface area contributed by atoms with E-state index < -0.39 is 0 Å². The number of carbonyl (C=O) groups is 2. The molecule has 4 heteroatoms. The normalized spacial score (nSPS) is 21.6. The topological polar surface area (TPSA) is 46.6 Å². The molecule has 0 radical (unpaired) electrons. The van der Waals surface area contributed by atoms with Crippen molar-refractivity contribution in [1.29, 1.82) is 0 Å². The molecule has 2 aliphatic rings. The second-order valence-corrected chi connectivity index (χ2v) is 6.25. The summed E-state index contributed by atoms with van der Waals surface area (Å²) >= 11 is 0. The lowest BCUT2D eigenvalue weighted by Crippen LogP contribution is -2.50. The van der Waals surface area contributed by atoms with Crippen LogP contribution in [0.25, 0.3) is 11.1 Å². The van der Waals surface area contributed by atoms with E-state index in [1.165, 1.54) is 0 Å². The van der Waals surface area contributed by atoms with Crippen molar-refractivity contribution in [3.05, 3.63) is 59.7 Å². The van der Waals surface area contributed by atoms with Crippen LogP contribution in [0.15, 0.2) is 48.5 Å². The van der Waals surface area contributed by atoms with E-state index in [4.69, 9.17) is 4.74 Å². The molecule has 0 aromatic heterocycles. The molecule has 1 aliphatic heterocycles. The molecular weight excluding hydrogens is 302 g/mol. The number of morpholine rings is 1. The van der Waals surface area contributed by atoms with Gasteiger partial charge in [0.15, 0.2) is 11.6 Å². The van der Waals surface area contributed by atoms with Crippen molar-refractivity contribution in [3.63, 3.8) is 0 Å². The standard InChI is InChI=1S/C20H19NO3/c22-18-13-17(21-9-11-24-12-10-21)20(23)19-15(7-4-8-16(18)19)14-5-2-1-3-6-14/h1-8,17H,9-13H2. The van der Waals surface area contributed by atoms with Crippen molar-refractivity contribution in [2.75, 3.05) is 26.3 Å². The van der Waals surface area contributed by atoms with Crippen molar-refractivity contribution < 1.29 is 14.3 Å². The summed E-state index contributed by atoms with van der Waals surface area (Å²) in [6, 6.07) is 15.0. The Bertz CT molecular complexity index is 779. The number of ether oxygens (including phenoxy) is 1. The quantitative estimate of drug-likeness (QED) is 0.853. The molecule has 0 amide bonds. The van der Waals surface area contributed by atoms with Crippen molar-refractivity contribution in [1.82, 2.24) is 4.90 Å². The van der Waals surface area contributed by atoms with Crippen LogP contribution >= 0.6 is 0 Å². The molecule has 4 nitrogen and oxygen atoms in total. The zero-order chi connectivity index (χ0) is 16.5. The van der Waals surface area contributed by atoms with Crippen LogP contribution in [0.3, 0.4) is 0 Å². The number of nitrogens with zero attached hydrogens (tertiary/aromatic N) is 1. The van der Waals surface area contributed by atoms with Crippen molar-refractivity contribution >= 4 is 11.6 Å². The van der Waals surface area contributed by atoms with Gasteiger partial charge < -0.3 is 4.74 Å². The van der Waals surface area contributed by atoms with Gasteiger partial charge in [-0.15, -0.1) is 0 Å². The predicted molar refractivity (Wildman–Crippen MR) is 91.3 cm³/mol. The Morgan fingerprint density at radius 2 is 1.58 bits per heavy atom. The molecule has 2 aromatic carbocycles. The summed E-state index contributed by atoms with van der Waals surface area (Å²) in [5.41, 5.74) is 2.96. The highest BCUT2D eigenvalue weighted by molar-refractivity contribution is 6.19. The molecule has 0 N–H and O–H groups in total. The van der Waals surface area contributed by atoms with Gasteiger partial charge in [-0.1, -0.05) is 48.5 Å². The fraction of sp³-hybridized carbons (Fsp3) is 0.300. The summed E-state index contributed by atoms with van der Waals surface area (Å²) in [6.07, 6.45) is 0.268. The van der Waals surface area contributed by atoms with Gasteiger partial charge in [0.2, 0.25) is 0 Å². The minimum Gasteiger partial charge on any atom is -0.379 e. The number of fused-ring (bicyclic) bond motifs is 1. The monoisotopic (exact) mass is 321 g/mol. The van der Waals surface area contributed by atoms with Crippen LogP contribution < -0.4 is 0 Å². The lowest BCUT2D eigenvalue weighted by molar-refractivity contribution is 0.0154. The van der Waals surface area contributed by atoms with E-state index in [0.717, 1.165) is 11.1 Å². The molecule has 1 fully saturated rings. The van der Waals surface area contributed by atoms with Gasteiger partial charge in [-0.25, -0.2) is 0 Å². The number of hydrogen-bond acceptors (Lipinski definition) is 4. The van der Waals surface area contributed by atoms with Crippen molar-refractivity contribution in [2.45, 2.75) is 12.5 Å². The van der Waals surface area contributed by atoms with Gasteiger partial charge in [-0.2, -0.15) is 0 Å². The fourth-order valence-electron chi connectivity index (χ4n) is 3.64. The van der Waals surface area contributed by atoms with E-state index in [1.807, 2.05) is 42.5 Å². The van der Waals surface area contributed by atoms with Gasteiger partial charge >= 0.3 is 0 Å². The molecule has 1 unspecified atom stereocenters.